The first-order valence-electron chi connectivity index (χ1n) is 7.74. The van der Waals surface area contributed by atoms with Crippen molar-refractivity contribution in [3.05, 3.63) is 66.2 Å². The summed E-state index contributed by atoms with van der Waals surface area (Å²) in [5.74, 6) is -0.978. The fourth-order valence-electron chi connectivity index (χ4n) is 2.65. The summed E-state index contributed by atoms with van der Waals surface area (Å²) in [6, 6.07) is 18.3. The molecule has 0 aromatic heterocycles. The number of rotatable bonds is 4. The quantitative estimate of drug-likeness (QED) is 0.916. The van der Waals surface area contributed by atoms with E-state index in [1.54, 1.807) is 24.3 Å². The zero-order valence-electron chi connectivity index (χ0n) is 13.1. The molecule has 2 unspecified atom stereocenters. The van der Waals surface area contributed by atoms with Crippen molar-refractivity contribution in [1.82, 2.24) is 9.62 Å². The van der Waals surface area contributed by atoms with Crippen LogP contribution in [0.2, 0.25) is 0 Å². The molecule has 2 amide bonds. The Kier molecular flexibility index (Phi) is 5.05. The smallest absolute Gasteiger partial charge is 0.240 e. The largest absolute Gasteiger partial charge is 0.354 e. The van der Waals surface area contributed by atoms with Crippen LogP contribution in [0, 0.1) is 5.92 Å². The van der Waals surface area contributed by atoms with Gasteiger partial charge in [-0.25, -0.2) is 8.51 Å². The highest BCUT2D eigenvalue weighted by Gasteiger charge is 2.33. The standard InChI is InChI=1S/C18H18N2O3S/c21-17-13-20(24(23)16-9-5-2-6-10-16)18(22)15(12-19-17)11-14-7-3-1-4-8-14/h1-10,15H,11-13H2,(H,19,21). The first-order valence-corrected chi connectivity index (χ1v) is 8.85. The van der Waals surface area contributed by atoms with E-state index in [1.807, 2.05) is 36.4 Å². The summed E-state index contributed by atoms with van der Waals surface area (Å²) in [6.45, 7) is 0.0701. The van der Waals surface area contributed by atoms with E-state index >= 15 is 0 Å². The Morgan fingerprint density at radius 2 is 1.62 bits per heavy atom. The summed E-state index contributed by atoms with van der Waals surface area (Å²) in [7, 11) is -1.69. The maximum atomic E-state index is 12.9. The van der Waals surface area contributed by atoms with Gasteiger partial charge < -0.3 is 5.32 Å². The third-order valence-electron chi connectivity index (χ3n) is 3.90. The molecule has 1 fully saturated rings. The second kappa shape index (κ2) is 7.40. The van der Waals surface area contributed by atoms with E-state index in [0.717, 1.165) is 5.56 Å². The summed E-state index contributed by atoms with van der Waals surface area (Å²) in [5, 5.41) is 2.75. The number of carbonyl (C=O) groups excluding carboxylic acids is 2. The van der Waals surface area contributed by atoms with Crippen molar-refractivity contribution in [2.75, 3.05) is 13.1 Å². The molecule has 0 radical (unpaired) electrons. The third kappa shape index (κ3) is 3.71. The lowest BCUT2D eigenvalue weighted by Crippen LogP contribution is -2.39. The lowest BCUT2D eigenvalue weighted by Gasteiger charge is -2.22. The fraction of sp³-hybridized carbons (Fsp3) is 0.222. The number of hydrogen-bond donors (Lipinski definition) is 1. The molecule has 0 saturated carbocycles. The van der Waals surface area contributed by atoms with Crippen LogP contribution in [0.4, 0.5) is 0 Å². The Bertz CT molecular complexity index is 749. The topological polar surface area (TPSA) is 66.5 Å². The SMILES string of the molecule is O=C1CN(S(=O)c2ccccc2)C(=O)C(Cc2ccccc2)CN1. The van der Waals surface area contributed by atoms with Gasteiger partial charge in [-0.1, -0.05) is 48.5 Å². The third-order valence-corrected chi connectivity index (χ3v) is 5.28. The number of amides is 2. The molecule has 5 nitrogen and oxygen atoms in total. The van der Waals surface area contributed by atoms with E-state index in [-0.39, 0.29) is 24.9 Å². The molecule has 2 atom stereocenters. The number of benzene rings is 2. The van der Waals surface area contributed by atoms with Crippen molar-refractivity contribution in [1.29, 1.82) is 0 Å². The molecule has 124 valence electrons. The molecule has 24 heavy (non-hydrogen) atoms. The average Bonchev–Trinajstić information content (AvgIpc) is 2.76. The van der Waals surface area contributed by atoms with Gasteiger partial charge in [0.1, 0.15) is 6.54 Å². The summed E-state index contributed by atoms with van der Waals surface area (Å²) in [4.78, 5) is 25.3. The van der Waals surface area contributed by atoms with Crippen LogP contribution in [0.15, 0.2) is 65.6 Å². The van der Waals surface area contributed by atoms with E-state index in [0.29, 0.717) is 11.3 Å². The van der Waals surface area contributed by atoms with Crippen molar-refractivity contribution in [3.8, 4) is 0 Å². The molecule has 6 heteroatoms. The predicted molar refractivity (Wildman–Crippen MR) is 91.2 cm³/mol. The molecule has 1 aliphatic heterocycles. The van der Waals surface area contributed by atoms with Gasteiger partial charge in [-0.05, 0) is 24.1 Å². The minimum Gasteiger partial charge on any atom is -0.354 e. The van der Waals surface area contributed by atoms with Crippen LogP contribution < -0.4 is 5.32 Å². The van der Waals surface area contributed by atoms with E-state index in [2.05, 4.69) is 5.32 Å². The maximum Gasteiger partial charge on any atom is 0.240 e. The molecule has 1 heterocycles. The van der Waals surface area contributed by atoms with Crippen LogP contribution in [0.3, 0.4) is 0 Å². The summed E-state index contributed by atoms with van der Waals surface area (Å²) in [6.07, 6.45) is 0.502. The Morgan fingerprint density at radius 3 is 2.29 bits per heavy atom. The van der Waals surface area contributed by atoms with Gasteiger partial charge in [-0.3, -0.25) is 9.59 Å². The second-order valence-corrected chi connectivity index (χ2v) is 7.04. The van der Waals surface area contributed by atoms with Gasteiger partial charge in [0, 0.05) is 6.54 Å². The van der Waals surface area contributed by atoms with Crippen molar-refractivity contribution in [2.24, 2.45) is 5.92 Å². The number of hydrogen-bond acceptors (Lipinski definition) is 3. The number of carbonyl (C=O) groups is 2. The predicted octanol–water partition coefficient (Wildman–Crippen LogP) is 1.53. The van der Waals surface area contributed by atoms with Crippen LogP contribution in [0.5, 0.6) is 0 Å². The van der Waals surface area contributed by atoms with E-state index < -0.39 is 16.9 Å². The van der Waals surface area contributed by atoms with Gasteiger partial charge in [0.2, 0.25) is 11.8 Å². The van der Waals surface area contributed by atoms with E-state index in [9.17, 15) is 13.8 Å². The van der Waals surface area contributed by atoms with Crippen LogP contribution in [0.25, 0.3) is 0 Å². The first kappa shape index (κ1) is 16.4. The lowest BCUT2D eigenvalue weighted by molar-refractivity contribution is -0.131. The molecule has 0 bridgehead atoms. The highest BCUT2D eigenvalue weighted by Crippen LogP contribution is 2.18. The molecule has 1 aliphatic rings. The van der Waals surface area contributed by atoms with Gasteiger partial charge in [0.15, 0.2) is 11.0 Å². The molecule has 2 aromatic carbocycles. The Balaban J connectivity index is 1.84. The summed E-state index contributed by atoms with van der Waals surface area (Å²) in [5.41, 5.74) is 1.01. The highest BCUT2D eigenvalue weighted by molar-refractivity contribution is 7.83. The zero-order valence-corrected chi connectivity index (χ0v) is 13.9. The van der Waals surface area contributed by atoms with Gasteiger partial charge in [0.25, 0.3) is 0 Å². The van der Waals surface area contributed by atoms with Gasteiger partial charge >= 0.3 is 0 Å². The normalized spacial score (nSPS) is 19.5. The van der Waals surface area contributed by atoms with Crippen LogP contribution in [0.1, 0.15) is 5.56 Å². The summed E-state index contributed by atoms with van der Waals surface area (Å²) < 4.78 is 13.9. The number of nitrogens with zero attached hydrogens (tertiary/aromatic N) is 1. The lowest BCUT2D eigenvalue weighted by atomic mass is 9.99. The molecule has 0 aliphatic carbocycles. The minimum absolute atomic E-state index is 0.189. The molecular weight excluding hydrogens is 324 g/mol. The van der Waals surface area contributed by atoms with E-state index in [4.69, 9.17) is 0 Å². The zero-order chi connectivity index (χ0) is 16.9. The van der Waals surface area contributed by atoms with Gasteiger partial charge in [-0.15, -0.1) is 0 Å². The van der Waals surface area contributed by atoms with Crippen LogP contribution in [-0.4, -0.2) is 33.4 Å². The minimum atomic E-state index is -1.69. The number of nitrogens with one attached hydrogen (secondary N) is 1. The van der Waals surface area contributed by atoms with Crippen molar-refractivity contribution < 1.29 is 13.8 Å². The van der Waals surface area contributed by atoms with E-state index in [1.165, 1.54) is 4.31 Å². The van der Waals surface area contributed by atoms with Crippen molar-refractivity contribution >= 4 is 22.8 Å². The van der Waals surface area contributed by atoms with Crippen LogP contribution in [-0.2, 0) is 27.0 Å². The molecule has 0 spiro atoms. The maximum absolute atomic E-state index is 12.9. The van der Waals surface area contributed by atoms with Crippen molar-refractivity contribution in [2.45, 2.75) is 11.3 Å². The van der Waals surface area contributed by atoms with Crippen LogP contribution >= 0.6 is 0 Å². The Labute approximate surface area is 143 Å². The molecule has 2 aromatic rings. The molecule has 1 N–H and O–H groups in total. The highest BCUT2D eigenvalue weighted by atomic mass is 32.2. The summed E-state index contributed by atoms with van der Waals surface area (Å²) >= 11 is 0. The first-order chi connectivity index (χ1) is 11.6. The molecular formula is C18H18N2O3S. The molecule has 1 saturated heterocycles. The van der Waals surface area contributed by atoms with Gasteiger partial charge in [0.05, 0.1) is 10.8 Å². The van der Waals surface area contributed by atoms with Crippen molar-refractivity contribution in [3.63, 3.8) is 0 Å². The average molecular weight is 342 g/mol. The fourth-order valence-corrected chi connectivity index (χ4v) is 3.85. The Hall–Kier alpha value is -2.47. The Morgan fingerprint density at radius 1 is 1.00 bits per heavy atom. The van der Waals surface area contributed by atoms with Gasteiger partial charge in [-0.2, -0.15) is 0 Å². The monoisotopic (exact) mass is 342 g/mol. The second-order valence-electron chi connectivity index (χ2n) is 5.63. The molecule has 3 rings (SSSR count).